The van der Waals surface area contributed by atoms with Gasteiger partial charge in [0.2, 0.25) is 18.0 Å². The van der Waals surface area contributed by atoms with Gasteiger partial charge in [-0.2, -0.15) is 0 Å². The lowest BCUT2D eigenvalue weighted by molar-refractivity contribution is -0.384. The first-order chi connectivity index (χ1) is 23.3. The maximum Gasteiger partial charge on any atom is 0.313 e. The Morgan fingerprint density at radius 3 is 2.51 bits per heavy atom. The molecular weight excluding hydrogens is 648 g/mol. The molecule has 49 heavy (non-hydrogen) atoms. The number of carbonyl (C=O) groups excluding carboxylic acids is 3. The molecule has 0 aliphatic carbocycles. The quantitative estimate of drug-likeness (QED) is 0.103. The number of aromatic nitrogens is 1. The maximum absolute atomic E-state index is 14.3. The van der Waals surface area contributed by atoms with E-state index >= 15 is 0 Å². The van der Waals surface area contributed by atoms with Crippen molar-refractivity contribution in [1.29, 1.82) is 0 Å². The van der Waals surface area contributed by atoms with Crippen LogP contribution >= 0.6 is 0 Å². The number of nitro benzene ring substituents is 1. The summed E-state index contributed by atoms with van der Waals surface area (Å²) in [4.78, 5) is 71.5. The third-order valence-electron chi connectivity index (χ3n) is 8.22. The van der Waals surface area contributed by atoms with Gasteiger partial charge >= 0.3 is 5.97 Å². The van der Waals surface area contributed by atoms with Gasteiger partial charge in [0.15, 0.2) is 5.69 Å². The molecule has 2 aromatic carbocycles. The van der Waals surface area contributed by atoms with Crippen LogP contribution in [0, 0.1) is 21.7 Å². The number of benzene rings is 2. The van der Waals surface area contributed by atoms with Gasteiger partial charge in [0.05, 0.1) is 23.1 Å². The molecule has 2 aliphatic heterocycles. The highest BCUT2D eigenvalue weighted by atomic mass is 19.1. The number of hydrogen-bond acceptors (Lipinski definition) is 10. The van der Waals surface area contributed by atoms with Crippen molar-refractivity contribution in [2.24, 2.45) is 5.16 Å². The fourth-order valence-electron chi connectivity index (χ4n) is 5.65. The van der Waals surface area contributed by atoms with Crippen molar-refractivity contribution in [2.75, 3.05) is 13.3 Å². The maximum atomic E-state index is 14.3. The number of esters is 1. The lowest BCUT2D eigenvalue weighted by Crippen LogP contribution is -2.49. The van der Waals surface area contributed by atoms with E-state index in [-0.39, 0.29) is 42.5 Å². The van der Waals surface area contributed by atoms with Gasteiger partial charge in [0.25, 0.3) is 17.5 Å². The second-order valence-corrected chi connectivity index (χ2v) is 11.9. The van der Waals surface area contributed by atoms with Gasteiger partial charge in [-0.3, -0.25) is 29.3 Å². The Bertz CT molecular complexity index is 1880. The van der Waals surface area contributed by atoms with Crippen molar-refractivity contribution in [2.45, 2.75) is 64.8 Å². The van der Waals surface area contributed by atoms with Crippen LogP contribution in [0.5, 0.6) is 5.75 Å². The summed E-state index contributed by atoms with van der Waals surface area (Å²) >= 11 is 0. The Morgan fingerprint density at radius 2 is 1.84 bits per heavy atom. The van der Waals surface area contributed by atoms with E-state index in [0.29, 0.717) is 30.2 Å². The molecule has 3 heterocycles. The first kappa shape index (κ1) is 34.7. The number of carbonyl (C=O) groups is 3. The molecule has 3 aromatic rings. The topological polar surface area (TPSA) is 172 Å². The van der Waals surface area contributed by atoms with Crippen LogP contribution in [0.3, 0.4) is 0 Å². The molecule has 1 N–H and O–H groups in total. The average Bonchev–Trinajstić information content (AvgIpc) is 3.19. The third kappa shape index (κ3) is 7.74. The molecule has 3 unspecified atom stereocenters. The molecule has 1 fully saturated rings. The minimum atomic E-state index is -0.990. The lowest BCUT2D eigenvalue weighted by Gasteiger charge is -2.38. The molecule has 16 heteroatoms. The lowest BCUT2D eigenvalue weighted by atomic mass is 10.0. The van der Waals surface area contributed by atoms with Crippen molar-refractivity contribution in [3.8, 4) is 5.75 Å². The molecule has 3 atom stereocenters. The monoisotopic (exact) mass is 681 g/mol. The average molecular weight is 682 g/mol. The molecule has 2 amide bonds. The van der Waals surface area contributed by atoms with Gasteiger partial charge in [-0.1, -0.05) is 23.4 Å². The zero-order chi connectivity index (χ0) is 35.4. The Hall–Kier alpha value is -5.67. The van der Waals surface area contributed by atoms with E-state index in [1.54, 1.807) is 18.7 Å². The molecule has 1 aromatic heterocycles. The van der Waals surface area contributed by atoms with Crippen molar-refractivity contribution in [3.63, 3.8) is 0 Å². The van der Waals surface area contributed by atoms with Crippen LogP contribution in [0.15, 0.2) is 58.6 Å². The standard InChI is InChI=1S/C33H33F2N5O9/c1-18(2)37-49-27-11-4-19(3)38-16-26(27)39-15-24(32(43)36-14-21-7-8-22(34)13-25(21)35)30(42)31(29(39)33(38)44)48-17-47-28(41)12-20-5-9-23(10-6-20)40(45)46/h5-10,13,15,19,26-27H,4,11-12,14,16-17H2,1-3H3,(H,36,43). The van der Waals surface area contributed by atoms with Crippen molar-refractivity contribution in [1.82, 2.24) is 14.8 Å². The van der Waals surface area contributed by atoms with E-state index in [0.717, 1.165) is 12.1 Å². The van der Waals surface area contributed by atoms with Crippen molar-refractivity contribution in [3.05, 3.63) is 103 Å². The Balaban J connectivity index is 1.47. The number of nitrogens with zero attached hydrogens (tertiary/aromatic N) is 4. The number of fused-ring (bicyclic) bond motifs is 4. The number of ether oxygens (including phenoxy) is 2. The van der Waals surface area contributed by atoms with Crippen LogP contribution in [-0.2, 0) is 27.3 Å². The summed E-state index contributed by atoms with van der Waals surface area (Å²) < 4.78 is 40.0. The van der Waals surface area contributed by atoms with Gasteiger partial charge in [-0.25, -0.2) is 8.78 Å². The molecule has 14 nitrogen and oxygen atoms in total. The first-order valence-corrected chi connectivity index (χ1v) is 15.3. The molecule has 2 aliphatic rings. The number of non-ortho nitro benzene ring substituents is 1. The highest BCUT2D eigenvalue weighted by Gasteiger charge is 2.44. The predicted molar refractivity (Wildman–Crippen MR) is 169 cm³/mol. The Labute approximate surface area is 278 Å². The fourth-order valence-corrected chi connectivity index (χ4v) is 5.65. The van der Waals surface area contributed by atoms with E-state index in [1.165, 1.54) is 35.0 Å². The molecule has 0 radical (unpaired) electrons. The summed E-state index contributed by atoms with van der Waals surface area (Å²) in [6, 6.07) is 7.23. The summed E-state index contributed by atoms with van der Waals surface area (Å²) in [6.07, 6.45) is 1.41. The number of nitrogens with one attached hydrogen (secondary N) is 1. The minimum absolute atomic E-state index is 0.0333. The molecule has 5 rings (SSSR count). The van der Waals surface area contributed by atoms with E-state index in [1.807, 2.05) is 6.92 Å². The van der Waals surface area contributed by atoms with Crippen LogP contribution in [0.4, 0.5) is 14.5 Å². The number of halogens is 2. The molecular formula is C33H33F2N5O9. The highest BCUT2D eigenvalue weighted by molar-refractivity contribution is 5.99. The molecule has 1 saturated heterocycles. The number of nitro groups is 1. The van der Waals surface area contributed by atoms with Crippen molar-refractivity contribution < 1.29 is 42.4 Å². The van der Waals surface area contributed by atoms with Crippen LogP contribution in [-0.4, -0.2) is 63.4 Å². The zero-order valence-corrected chi connectivity index (χ0v) is 26.8. The van der Waals surface area contributed by atoms with Crippen LogP contribution in [0.2, 0.25) is 0 Å². The van der Waals surface area contributed by atoms with E-state index in [4.69, 9.17) is 14.3 Å². The van der Waals surface area contributed by atoms with Crippen LogP contribution in [0.1, 0.15) is 71.6 Å². The largest absolute Gasteiger partial charge is 0.451 e. The molecule has 0 spiro atoms. The summed E-state index contributed by atoms with van der Waals surface area (Å²) in [6.45, 7) is 4.34. The number of oxime groups is 1. The zero-order valence-electron chi connectivity index (χ0n) is 26.8. The van der Waals surface area contributed by atoms with Crippen molar-refractivity contribution >= 4 is 29.2 Å². The smallest absolute Gasteiger partial charge is 0.313 e. The number of amides is 2. The van der Waals surface area contributed by atoms with Gasteiger partial charge in [-0.05, 0) is 45.2 Å². The summed E-state index contributed by atoms with van der Waals surface area (Å²) in [5.74, 6) is -4.52. The molecule has 258 valence electrons. The van der Waals surface area contributed by atoms with Gasteiger partial charge < -0.3 is 29.1 Å². The first-order valence-electron chi connectivity index (χ1n) is 15.3. The van der Waals surface area contributed by atoms with Crippen LogP contribution < -0.4 is 15.5 Å². The summed E-state index contributed by atoms with van der Waals surface area (Å²) in [5.41, 5.74) is -0.754. The summed E-state index contributed by atoms with van der Waals surface area (Å²) in [7, 11) is 0. The second kappa shape index (κ2) is 14.6. The molecule has 0 saturated carbocycles. The fraction of sp³-hybridized carbons (Fsp3) is 0.364. The van der Waals surface area contributed by atoms with Gasteiger partial charge in [0, 0.05) is 49.1 Å². The minimum Gasteiger partial charge on any atom is -0.451 e. The van der Waals surface area contributed by atoms with E-state index < -0.39 is 70.0 Å². The van der Waals surface area contributed by atoms with Crippen LogP contribution in [0.25, 0.3) is 0 Å². The van der Waals surface area contributed by atoms with Gasteiger partial charge in [-0.15, -0.1) is 0 Å². The Morgan fingerprint density at radius 1 is 1.10 bits per heavy atom. The highest BCUT2D eigenvalue weighted by Crippen LogP contribution is 2.36. The number of hydrogen-bond donors (Lipinski definition) is 1. The third-order valence-corrected chi connectivity index (χ3v) is 8.22. The predicted octanol–water partition coefficient (Wildman–Crippen LogP) is 4.05. The SMILES string of the molecule is CC(C)=NOC1CCC(C)N2CC1n1cc(C(=O)NCc3ccc(F)cc3F)c(=O)c(OCOC(=O)Cc3ccc([N+](=O)[O-])cc3)c1C2=O. The molecule has 2 bridgehead atoms. The second-order valence-electron chi connectivity index (χ2n) is 11.9. The number of pyridine rings is 1. The Kier molecular flexibility index (Phi) is 10.3. The van der Waals surface area contributed by atoms with E-state index in [9.17, 15) is 38.1 Å². The number of rotatable bonds is 11. The van der Waals surface area contributed by atoms with Gasteiger partial charge in [0.1, 0.15) is 23.3 Å². The normalized spacial score (nSPS) is 18.1. The summed E-state index contributed by atoms with van der Waals surface area (Å²) in [5, 5.41) is 17.5. The van der Waals surface area contributed by atoms with E-state index in [2.05, 4.69) is 10.5 Å².